The van der Waals surface area contributed by atoms with Crippen LogP contribution in [0.1, 0.15) is 5.56 Å². The van der Waals surface area contributed by atoms with E-state index in [1.807, 2.05) is 0 Å². The molecule has 0 spiro atoms. The van der Waals surface area contributed by atoms with E-state index in [4.69, 9.17) is 9.52 Å². The number of hydrogen-bond donors (Lipinski definition) is 1. The van der Waals surface area contributed by atoms with Crippen molar-refractivity contribution in [3.63, 3.8) is 0 Å². The van der Waals surface area contributed by atoms with Crippen LogP contribution in [0.3, 0.4) is 0 Å². The first-order valence-electron chi connectivity index (χ1n) is 5.82. The smallest absolute Gasteiger partial charge is 0.481 e. The van der Waals surface area contributed by atoms with Gasteiger partial charge in [-0.05, 0) is 18.2 Å². The van der Waals surface area contributed by atoms with Gasteiger partial charge in [0.25, 0.3) is 0 Å². The number of carboxylic acids is 1. The first-order valence-corrected chi connectivity index (χ1v) is 5.82. The number of rotatable bonds is 2. The summed E-state index contributed by atoms with van der Waals surface area (Å²) in [5, 5.41) is 9.81. The SMILES string of the molecule is O=C(O)Cc1cccc2c(=O)c3ccccc3oc12.[Na+]. The molecule has 2 aromatic carbocycles. The minimum atomic E-state index is -0.955. The molecule has 1 heterocycles. The fraction of sp³-hybridized carbons (Fsp3) is 0.0667. The maximum Gasteiger partial charge on any atom is 1.00 e. The zero-order valence-electron chi connectivity index (χ0n) is 10.9. The van der Waals surface area contributed by atoms with Crippen molar-refractivity contribution in [3.05, 3.63) is 58.3 Å². The van der Waals surface area contributed by atoms with Crippen LogP contribution in [-0.4, -0.2) is 11.1 Å². The average Bonchev–Trinajstić information content (AvgIpc) is 2.40. The summed E-state index contributed by atoms with van der Waals surface area (Å²) < 4.78 is 5.70. The molecule has 0 unspecified atom stereocenters. The molecule has 1 aromatic heterocycles. The number of carboxylic acid groups (broad SMARTS) is 1. The third kappa shape index (κ3) is 2.50. The van der Waals surface area contributed by atoms with Crippen molar-refractivity contribution < 1.29 is 43.9 Å². The van der Waals surface area contributed by atoms with Gasteiger partial charge in [0.1, 0.15) is 11.2 Å². The van der Waals surface area contributed by atoms with Crippen molar-refractivity contribution in [3.8, 4) is 0 Å². The van der Waals surface area contributed by atoms with Gasteiger partial charge in [0.15, 0.2) is 0 Å². The van der Waals surface area contributed by atoms with Crippen LogP contribution in [0, 0.1) is 0 Å². The van der Waals surface area contributed by atoms with Gasteiger partial charge in [-0.2, -0.15) is 0 Å². The van der Waals surface area contributed by atoms with E-state index in [9.17, 15) is 9.59 Å². The monoisotopic (exact) mass is 277 g/mol. The molecule has 5 heteroatoms. The van der Waals surface area contributed by atoms with E-state index in [1.54, 1.807) is 42.5 Å². The third-order valence-electron chi connectivity index (χ3n) is 3.03. The molecule has 0 radical (unpaired) electrons. The van der Waals surface area contributed by atoms with Crippen molar-refractivity contribution in [2.75, 3.05) is 0 Å². The van der Waals surface area contributed by atoms with E-state index in [2.05, 4.69) is 0 Å². The Labute approximate surface area is 136 Å². The van der Waals surface area contributed by atoms with E-state index >= 15 is 0 Å². The fourth-order valence-electron chi connectivity index (χ4n) is 2.18. The molecule has 0 bridgehead atoms. The van der Waals surface area contributed by atoms with Gasteiger partial charge in [-0.15, -0.1) is 0 Å². The topological polar surface area (TPSA) is 67.5 Å². The van der Waals surface area contributed by atoms with Gasteiger partial charge in [0.2, 0.25) is 5.43 Å². The van der Waals surface area contributed by atoms with Crippen LogP contribution in [0.2, 0.25) is 0 Å². The third-order valence-corrected chi connectivity index (χ3v) is 3.03. The number of fused-ring (bicyclic) bond motifs is 2. The van der Waals surface area contributed by atoms with Gasteiger partial charge in [-0.3, -0.25) is 9.59 Å². The molecule has 0 atom stereocenters. The minimum Gasteiger partial charge on any atom is -0.481 e. The molecule has 0 aliphatic heterocycles. The molecule has 0 aliphatic carbocycles. The van der Waals surface area contributed by atoms with Crippen LogP contribution in [-0.2, 0) is 11.2 Å². The van der Waals surface area contributed by atoms with Gasteiger partial charge in [-0.25, -0.2) is 0 Å². The van der Waals surface area contributed by atoms with Crippen LogP contribution in [0.25, 0.3) is 21.9 Å². The largest absolute Gasteiger partial charge is 1.00 e. The number of carbonyl (C=O) groups is 1. The summed E-state index contributed by atoms with van der Waals surface area (Å²) in [5.74, 6) is -0.955. The standard InChI is InChI=1S/C15H10O4.Na/c16-13(17)8-9-4-3-6-11-14(18)10-5-1-2-7-12(10)19-15(9)11;/h1-7H,8H2,(H,16,17);/q;+1. The molecule has 0 amide bonds. The van der Waals surface area contributed by atoms with Crippen molar-refractivity contribution in [2.45, 2.75) is 6.42 Å². The molecular weight excluding hydrogens is 267 g/mol. The van der Waals surface area contributed by atoms with Gasteiger partial charge >= 0.3 is 35.5 Å². The molecule has 0 aliphatic rings. The van der Waals surface area contributed by atoms with Gasteiger partial charge < -0.3 is 9.52 Å². The predicted octanol–water partition coefficient (Wildman–Crippen LogP) is -0.423. The molecule has 1 N–H and O–H groups in total. The molecule has 0 saturated carbocycles. The minimum absolute atomic E-state index is 0. The Bertz CT molecular complexity index is 851. The quantitative estimate of drug-likeness (QED) is 0.510. The Hall–Kier alpha value is -1.62. The molecule has 3 rings (SSSR count). The van der Waals surface area contributed by atoms with E-state index in [0.717, 1.165) is 0 Å². The first kappa shape index (κ1) is 14.8. The van der Waals surface area contributed by atoms with Gasteiger partial charge in [0, 0.05) is 5.56 Å². The zero-order chi connectivity index (χ0) is 13.4. The zero-order valence-corrected chi connectivity index (χ0v) is 12.9. The Balaban J connectivity index is 0.00000147. The Morgan fingerprint density at radius 2 is 1.75 bits per heavy atom. The first-order chi connectivity index (χ1) is 9.16. The second-order valence-electron chi connectivity index (χ2n) is 4.29. The fourth-order valence-corrected chi connectivity index (χ4v) is 2.18. The molecular formula is C15H10NaO4+. The summed E-state index contributed by atoms with van der Waals surface area (Å²) in [6, 6.07) is 11.9. The van der Waals surface area contributed by atoms with Gasteiger partial charge in [0.05, 0.1) is 17.2 Å². The number of aliphatic carboxylic acids is 1. The molecule has 3 aromatic rings. The Morgan fingerprint density at radius 3 is 2.50 bits per heavy atom. The summed E-state index contributed by atoms with van der Waals surface area (Å²) in [5.41, 5.74) is 1.20. The van der Waals surface area contributed by atoms with Crippen LogP contribution >= 0.6 is 0 Å². The van der Waals surface area contributed by atoms with Crippen molar-refractivity contribution in [1.82, 2.24) is 0 Å². The van der Waals surface area contributed by atoms with Crippen LogP contribution < -0.4 is 35.0 Å². The van der Waals surface area contributed by atoms with E-state index in [0.29, 0.717) is 27.5 Å². The summed E-state index contributed by atoms with van der Waals surface area (Å²) in [7, 11) is 0. The normalized spacial score (nSPS) is 10.4. The number of hydrogen-bond acceptors (Lipinski definition) is 3. The Morgan fingerprint density at radius 1 is 1.05 bits per heavy atom. The maximum absolute atomic E-state index is 12.3. The van der Waals surface area contributed by atoms with Crippen molar-refractivity contribution in [1.29, 1.82) is 0 Å². The second-order valence-corrected chi connectivity index (χ2v) is 4.29. The van der Waals surface area contributed by atoms with Crippen LogP contribution in [0.15, 0.2) is 51.7 Å². The number of para-hydroxylation sites is 2. The summed E-state index contributed by atoms with van der Waals surface area (Å²) in [4.78, 5) is 23.2. The second kappa shape index (κ2) is 5.79. The van der Waals surface area contributed by atoms with Crippen molar-refractivity contribution in [2.24, 2.45) is 0 Å². The average molecular weight is 277 g/mol. The van der Waals surface area contributed by atoms with E-state index < -0.39 is 5.97 Å². The van der Waals surface area contributed by atoms with Crippen LogP contribution in [0.5, 0.6) is 0 Å². The molecule has 0 fully saturated rings. The van der Waals surface area contributed by atoms with Crippen molar-refractivity contribution >= 4 is 27.9 Å². The summed E-state index contributed by atoms with van der Waals surface area (Å²) in [6.07, 6.45) is -0.168. The van der Waals surface area contributed by atoms with Crippen LogP contribution in [0.4, 0.5) is 0 Å². The Kier molecular flexibility index (Phi) is 4.28. The molecule has 0 saturated heterocycles. The van der Waals surface area contributed by atoms with E-state index in [-0.39, 0.29) is 41.4 Å². The molecule has 4 nitrogen and oxygen atoms in total. The molecule has 94 valence electrons. The predicted molar refractivity (Wildman–Crippen MR) is 71.3 cm³/mol. The summed E-state index contributed by atoms with van der Waals surface area (Å²) in [6.45, 7) is 0. The number of benzene rings is 2. The molecule has 20 heavy (non-hydrogen) atoms. The summed E-state index contributed by atoms with van der Waals surface area (Å²) >= 11 is 0. The maximum atomic E-state index is 12.3. The van der Waals surface area contributed by atoms with Gasteiger partial charge in [-0.1, -0.05) is 24.3 Å². The van der Waals surface area contributed by atoms with E-state index in [1.165, 1.54) is 0 Å².